The van der Waals surface area contributed by atoms with Crippen molar-refractivity contribution in [3.05, 3.63) is 61.6 Å². The predicted octanol–water partition coefficient (Wildman–Crippen LogP) is 5.70. The summed E-state index contributed by atoms with van der Waals surface area (Å²) < 4.78 is 6.61. The Bertz CT molecular complexity index is 664. The highest BCUT2D eigenvalue weighted by Crippen LogP contribution is 2.34. The van der Waals surface area contributed by atoms with E-state index in [0.717, 1.165) is 10.0 Å². The van der Waals surface area contributed by atoms with Crippen molar-refractivity contribution in [2.24, 2.45) is 0 Å². The van der Waals surface area contributed by atoms with Gasteiger partial charge in [0.05, 0.1) is 4.92 Å². The predicted molar refractivity (Wildman–Crippen MR) is 85.0 cm³/mol. The molecule has 2 aromatic carbocycles. The molecule has 0 aliphatic heterocycles. The molecule has 0 fully saturated rings. The zero-order valence-electron chi connectivity index (χ0n) is 9.98. The lowest BCUT2D eigenvalue weighted by Gasteiger charge is -2.10. The van der Waals surface area contributed by atoms with Crippen LogP contribution in [0.25, 0.3) is 0 Å². The van der Waals surface area contributed by atoms with Crippen molar-refractivity contribution < 1.29 is 9.66 Å². The van der Waals surface area contributed by atoms with Crippen LogP contribution in [0, 0.1) is 10.1 Å². The molecule has 0 aromatic heterocycles. The summed E-state index contributed by atoms with van der Waals surface area (Å²) in [4.78, 5) is 10.2. The molecule has 0 saturated carbocycles. The van der Waals surface area contributed by atoms with Crippen LogP contribution in [0.2, 0.25) is 5.02 Å². The fourth-order valence-corrected chi connectivity index (χ4v) is 2.60. The van der Waals surface area contributed by atoms with E-state index in [1.54, 1.807) is 0 Å². The van der Waals surface area contributed by atoms with E-state index in [1.165, 1.54) is 18.2 Å². The quantitative estimate of drug-likeness (QED) is 0.362. The highest BCUT2D eigenvalue weighted by atomic mass is 79.9. The van der Waals surface area contributed by atoms with E-state index in [1.807, 2.05) is 18.2 Å². The number of rotatable bonds is 4. The fraction of sp³-hybridized carbons (Fsp3) is 0.0769. The van der Waals surface area contributed by atoms with Crippen LogP contribution >= 0.6 is 43.5 Å². The number of nitro benzene ring substituents is 1. The molecule has 0 N–H and O–H groups in total. The van der Waals surface area contributed by atoms with Crippen molar-refractivity contribution in [1.82, 2.24) is 0 Å². The number of nitrogens with zero attached hydrogens (tertiary/aromatic N) is 1. The Morgan fingerprint density at radius 2 is 2.00 bits per heavy atom. The summed E-state index contributed by atoms with van der Waals surface area (Å²) in [5.74, 6) is 1.10. The minimum absolute atomic E-state index is 0.0443. The van der Waals surface area contributed by atoms with Crippen molar-refractivity contribution in [3.63, 3.8) is 0 Å². The van der Waals surface area contributed by atoms with Crippen molar-refractivity contribution >= 4 is 49.1 Å². The standard InChI is InChI=1S/C13H8Br2ClNO3/c14-7-8-1-2-9(15)5-13(8)20-10-3-4-12(17(18)19)11(16)6-10/h1-6H,7H2. The monoisotopic (exact) mass is 419 g/mol. The van der Waals surface area contributed by atoms with Gasteiger partial charge in [0.1, 0.15) is 16.5 Å². The van der Waals surface area contributed by atoms with Gasteiger partial charge >= 0.3 is 0 Å². The van der Waals surface area contributed by atoms with E-state index in [2.05, 4.69) is 31.9 Å². The van der Waals surface area contributed by atoms with Crippen LogP contribution in [0.1, 0.15) is 5.56 Å². The number of halogens is 3. The van der Waals surface area contributed by atoms with Crippen LogP contribution in [0.15, 0.2) is 40.9 Å². The highest BCUT2D eigenvalue weighted by molar-refractivity contribution is 9.10. The maximum Gasteiger partial charge on any atom is 0.288 e. The third-order valence-corrected chi connectivity index (χ3v) is 3.92. The van der Waals surface area contributed by atoms with Gasteiger partial charge in [-0.05, 0) is 18.2 Å². The summed E-state index contributed by atoms with van der Waals surface area (Å²) in [5.41, 5.74) is 0.816. The number of nitro groups is 1. The molecular formula is C13H8Br2ClNO3. The van der Waals surface area contributed by atoms with Gasteiger partial charge in [-0.2, -0.15) is 0 Å². The van der Waals surface area contributed by atoms with Gasteiger partial charge in [-0.25, -0.2) is 0 Å². The largest absolute Gasteiger partial charge is 0.457 e. The number of alkyl halides is 1. The molecule has 0 radical (unpaired) electrons. The molecule has 0 unspecified atom stereocenters. The Morgan fingerprint density at radius 3 is 2.60 bits per heavy atom. The van der Waals surface area contributed by atoms with Crippen molar-refractivity contribution in [2.45, 2.75) is 5.33 Å². The average molecular weight is 421 g/mol. The van der Waals surface area contributed by atoms with E-state index in [4.69, 9.17) is 16.3 Å². The zero-order chi connectivity index (χ0) is 14.7. The topological polar surface area (TPSA) is 52.4 Å². The summed E-state index contributed by atoms with van der Waals surface area (Å²) in [6.45, 7) is 0. The first-order valence-corrected chi connectivity index (χ1v) is 7.76. The molecule has 0 spiro atoms. The summed E-state index contributed by atoms with van der Waals surface area (Å²) in [6, 6.07) is 9.92. The van der Waals surface area contributed by atoms with E-state index in [0.29, 0.717) is 16.8 Å². The fourth-order valence-electron chi connectivity index (χ4n) is 1.56. The number of hydrogen-bond donors (Lipinski definition) is 0. The SMILES string of the molecule is O=[N+]([O-])c1ccc(Oc2cc(Br)ccc2CBr)cc1Cl. The van der Waals surface area contributed by atoms with Crippen LogP contribution in [-0.4, -0.2) is 4.92 Å². The highest BCUT2D eigenvalue weighted by Gasteiger charge is 2.13. The molecule has 0 heterocycles. The number of hydrogen-bond acceptors (Lipinski definition) is 3. The summed E-state index contributed by atoms with van der Waals surface area (Å²) in [5, 5.41) is 11.4. The molecule has 0 saturated heterocycles. The van der Waals surface area contributed by atoms with Crippen LogP contribution in [0.3, 0.4) is 0 Å². The van der Waals surface area contributed by atoms with Crippen molar-refractivity contribution in [1.29, 1.82) is 0 Å². The molecule has 104 valence electrons. The van der Waals surface area contributed by atoms with E-state index in [9.17, 15) is 10.1 Å². The van der Waals surface area contributed by atoms with Gasteiger partial charge < -0.3 is 4.74 Å². The van der Waals surface area contributed by atoms with Gasteiger partial charge in [-0.15, -0.1) is 0 Å². The molecular weight excluding hydrogens is 413 g/mol. The molecule has 7 heteroatoms. The van der Waals surface area contributed by atoms with Gasteiger partial charge in [-0.3, -0.25) is 10.1 Å². The smallest absolute Gasteiger partial charge is 0.288 e. The number of ether oxygens (including phenoxy) is 1. The summed E-state index contributed by atoms with van der Waals surface area (Å²) >= 11 is 12.6. The minimum atomic E-state index is -0.533. The molecule has 20 heavy (non-hydrogen) atoms. The van der Waals surface area contributed by atoms with E-state index >= 15 is 0 Å². The first kappa shape index (κ1) is 15.3. The molecule has 0 bridgehead atoms. The summed E-state index contributed by atoms with van der Waals surface area (Å²) in [6.07, 6.45) is 0. The van der Waals surface area contributed by atoms with Gasteiger partial charge in [0, 0.05) is 27.5 Å². The van der Waals surface area contributed by atoms with E-state index < -0.39 is 4.92 Å². The Labute approximate surface area is 137 Å². The van der Waals surface area contributed by atoms with Gasteiger partial charge in [0.25, 0.3) is 5.69 Å². The molecule has 0 aliphatic rings. The Kier molecular flexibility index (Phi) is 5.01. The van der Waals surface area contributed by atoms with E-state index in [-0.39, 0.29) is 10.7 Å². The van der Waals surface area contributed by atoms with Crippen molar-refractivity contribution in [3.8, 4) is 11.5 Å². The second kappa shape index (κ2) is 6.56. The number of benzene rings is 2. The Hall–Kier alpha value is -1.11. The molecule has 2 aromatic rings. The van der Waals surface area contributed by atoms with Gasteiger partial charge in [-0.1, -0.05) is 49.5 Å². The lowest BCUT2D eigenvalue weighted by atomic mass is 10.2. The molecule has 0 aliphatic carbocycles. The second-order valence-corrected chi connectivity index (χ2v) is 5.74. The molecule has 0 atom stereocenters. The van der Waals surface area contributed by atoms with Crippen LogP contribution < -0.4 is 4.74 Å². The van der Waals surface area contributed by atoms with Crippen LogP contribution in [-0.2, 0) is 5.33 Å². The maximum atomic E-state index is 10.7. The normalized spacial score (nSPS) is 10.3. The second-order valence-electron chi connectivity index (χ2n) is 3.86. The Balaban J connectivity index is 2.33. The maximum absolute atomic E-state index is 10.7. The van der Waals surface area contributed by atoms with Gasteiger partial charge in [0.15, 0.2) is 0 Å². The zero-order valence-corrected chi connectivity index (χ0v) is 13.9. The molecule has 0 amide bonds. The average Bonchev–Trinajstić information content (AvgIpc) is 2.38. The molecule has 4 nitrogen and oxygen atoms in total. The van der Waals surface area contributed by atoms with Gasteiger partial charge in [0.2, 0.25) is 0 Å². The first-order valence-electron chi connectivity index (χ1n) is 5.47. The summed E-state index contributed by atoms with van der Waals surface area (Å²) in [7, 11) is 0. The van der Waals surface area contributed by atoms with Crippen LogP contribution in [0.4, 0.5) is 5.69 Å². The van der Waals surface area contributed by atoms with Crippen molar-refractivity contribution in [2.75, 3.05) is 0 Å². The third kappa shape index (κ3) is 3.50. The molecule has 2 rings (SSSR count). The first-order chi connectivity index (χ1) is 9.51. The van der Waals surface area contributed by atoms with Crippen LogP contribution in [0.5, 0.6) is 11.5 Å². The third-order valence-electron chi connectivity index (χ3n) is 2.52. The lowest BCUT2D eigenvalue weighted by molar-refractivity contribution is -0.384. The Morgan fingerprint density at radius 1 is 1.25 bits per heavy atom. The lowest BCUT2D eigenvalue weighted by Crippen LogP contribution is -1.92. The minimum Gasteiger partial charge on any atom is -0.457 e.